The minimum Gasteiger partial charge on any atom is -0.368 e. The highest BCUT2D eigenvalue weighted by molar-refractivity contribution is 6.30. The van der Waals surface area contributed by atoms with Gasteiger partial charge in [0.05, 0.1) is 5.69 Å². The summed E-state index contributed by atoms with van der Waals surface area (Å²) in [6.45, 7) is 1.35. The van der Waals surface area contributed by atoms with Gasteiger partial charge in [-0.3, -0.25) is 0 Å². The molecule has 0 aliphatic carbocycles. The van der Waals surface area contributed by atoms with Crippen LogP contribution in [0.4, 0.5) is 16.4 Å². The fraction of sp³-hybridized carbons (Fsp3) is 0.333. The van der Waals surface area contributed by atoms with Crippen LogP contribution < -0.4 is 11.1 Å². The fourth-order valence-corrected chi connectivity index (χ4v) is 2.74. The van der Waals surface area contributed by atoms with E-state index in [0.29, 0.717) is 29.9 Å². The highest BCUT2D eigenvalue weighted by Crippen LogP contribution is 2.28. The third-order valence-corrected chi connectivity index (χ3v) is 4.09. The fourth-order valence-electron chi connectivity index (χ4n) is 2.61. The molecule has 6 nitrogen and oxygen atoms in total. The van der Waals surface area contributed by atoms with E-state index in [1.54, 1.807) is 35.2 Å². The Hall–Kier alpha value is -2.21. The summed E-state index contributed by atoms with van der Waals surface area (Å²) in [5.74, 6) is 0.624. The van der Waals surface area contributed by atoms with Crippen LogP contribution in [0.3, 0.4) is 0 Å². The van der Waals surface area contributed by atoms with E-state index in [9.17, 15) is 4.79 Å². The Morgan fingerprint density at radius 1 is 1.32 bits per heavy atom. The molecule has 0 atom stereocenters. The molecule has 2 aromatic rings. The molecule has 0 radical (unpaired) electrons. The van der Waals surface area contributed by atoms with E-state index in [1.165, 1.54) is 0 Å². The summed E-state index contributed by atoms with van der Waals surface area (Å²) in [6, 6.07) is 8.72. The van der Waals surface area contributed by atoms with Gasteiger partial charge >= 0.3 is 6.03 Å². The van der Waals surface area contributed by atoms with Crippen molar-refractivity contribution in [1.82, 2.24) is 10.1 Å². The van der Waals surface area contributed by atoms with Gasteiger partial charge in [0.25, 0.3) is 0 Å². The van der Waals surface area contributed by atoms with Crippen molar-refractivity contribution in [2.75, 3.05) is 24.1 Å². The maximum atomic E-state index is 12.2. The summed E-state index contributed by atoms with van der Waals surface area (Å²) >= 11 is 5.83. The van der Waals surface area contributed by atoms with Crippen molar-refractivity contribution >= 4 is 29.2 Å². The van der Waals surface area contributed by atoms with E-state index in [0.717, 1.165) is 24.2 Å². The maximum Gasteiger partial charge on any atom is 0.321 e. The largest absolute Gasteiger partial charge is 0.368 e. The number of nitrogens with zero attached hydrogens (tertiary/aromatic N) is 2. The Morgan fingerprint density at radius 3 is 2.59 bits per heavy atom. The Bertz CT molecular complexity index is 648. The van der Waals surface area contributed by atoms with E-state index in [2.05, 4.69) is 10.5 Å². The molecule has 3 rings (SSSR count). The van der Waals surface area contributed by atoms with Crippen LogP contribution in [0, 0.1) is 0 Å². The predicted molar refractivity (Wildman–Crippen MR) is 84.9 cm³/mol. The average Bonchev–Trinajstić information content (AvgIpc) is 2.96. The lowest BCUT2D eigenvalue weighted by molar-refractivity contribution is 0.193. The lowest BCUT2D eigenvalue weighted by Crippen LogP contribution is -2.40. The monoisotopic (exact) mass is 320 g/mol. The Kier molecular flexibility index (Phi) is 4.20. The second kappa shape index (κ2) is 6.27. The highest BCUT2D eigenvalue weighted by Gasteiger charge is 2.25. The number of hydrogen-bond acceptors (Lipinski definition) is 4. The summed E-state index contributed by atoms with van der Waals surface area (Å²) in [5.41, 5.74) is 7.15. The van der Waals surface area contributed by atoms with Crippen LogP contribution in [0.5, 0.6) is 0 Å². The number of nitrogens with two attached hydrogens (primary N) is 1. The summed E-state index contributed by atoms with van der Waals surface area (Å²) in [6.07, 6.45) is 1.69. The number of halogens is 1. The number of amides is 2. The standard InChI is InChI=1S/C15H17ClN4O2/c16-11-1-3-12(4-2-11)18-15(21)20-7-5-10(6-8-20)13-9-14(17)22-19-13/h1-4,9-10H,5-8,17H2,(H,18,21). The molecular weight excluding hydrogens is 304 g/mol. The van der Waals surface area contributed by atoms with Crippen LogP contribution in [0.2, 0.25) is 5.02 Å². The first-order valence-electron chi connectivity index (χ1n) is 7.15. The van der Waals surface area contributed by atoms with Crippen LogP contribution in [-0.4, -0.2) is 29.2 Å². The molecule has 2 heterocycles. The van der Waals surface area contributed by atoms with Gasteiger partial charge in [-0.2, -0.15) is 0 Å². The van der Waals surface area contributed by atoms with E-state index in [4.69, 9.17) is 21.9 Å². The molecule has 22 heavy (non-hydrogen) atoms. The van der Waals surface area contributed by atoms with Crippen molar-refractivity contribution < 1.29 is 9.32 Å². The van der Waals surface area contributed by atoms with Gasteiger partial charge in [0.15, 0.2) is 0 Å². The first-order chi connectivity index (χ1) is 10.6. The minimum atomic E-state index is -0.0968. The minimum absolute atomic E-state index is 0.0968. The molecule has 116 valence electrons. The molecule has 0 spiro atoms. The number of hydrogen-bond donors (Lipinski definition) is 2. The van der Waals surface area contributed by atoms with E-state index in [-0.39, 0.29) is 6.03 Å². The SMILES string of the molecule is Nc1cc(C2CCN(C(=O)Nc3ccc(Cl)cc3)CC2)no1. The Labute approximate surface area is 133 Å². The molecule has 1 saturated heterocycles. The van der Waals surface area contributed by atoms with Gasteiger partial charge in [-0.1, -0.05) is 16.8 Å². The first-order valence-corrected chi connectivity index (χ1v) is 7.53. The topological polar surface area (TPSA) is 84.4 Å². The molecule has 2 amide bonds. The lowest BCUT2D eigenvalue weighted by atomic mass is 9.94. The number of nitrogens with one attached hydrogen (secondary N) is 1. The molecule has 3 N–H and O–H groups in total. The number of aromatic nitrogens is 1. The smallest absolute Gasteiger partial charge is 0.321 e. The summed E-state index contributed by atoms with van der Waals surface area (Å²) in [4.78, 5) is 14.0. The lowest BCUT2D eigenvalue weighted by Gasteiger charge is -2.31. The Morgan fingerprint density at radius 2 is 2.00 bits per heavy atom. The van der Waals surface area contributed by atoms with E-state index >= 15 is 0 Å². The van der Waals surface area contributed by atoms with Crippen LogP contribution in [0.25, 0.3) is 0 Å². The second-order valence-corrected chi connectivity index (χ2v) is 5.79. The van der Waals surface area contributed by atoms with Gasteiger partial charge in [-0.15, -0.1) is 0 Å². The van der Waals surface area contributed by atoms with Crippen molar-refractivity contribution in [3.8, 4) is 0 Å². The zero-order valence-corrected chi connectivity index (χ0v) is 12.7. The molecular formula is C15H17ClN4O2. The average molecular weight is 321 g/mol. The van der Waals surface area contributed by atoms with Crippen molar-refractivity contribution in [3.63, 3.8) is 0 Å². The summed E-state index contributed by atoms with van der Waals surface area (Å²) < 4.78 is 4.90. The van der Waals surface area contributed by atoms with Gasteiger partial charge in [-0.25, -0.2) is 4.79 Å². The van der Waals surface area contributed by atoms with Crippen molar-refractivity contribution in [1.29, 1.82) is 0 Å². The molecule has 7 heteroatoms. The van der Waals surface area contributed by atoms with Crippen molar-refractivity contribution in [3.05, 3.63) is 41.0 Å². The number of piperidine rings is 1. The number of benzene rings is 1. The quantitative estimate of drug-likeness (QED) is 0.889. The first kappa shape index (κ1) is 14.7. The number of rotatable bonds is 2. The molecule has 1 aromatic heterocycles. The van der Waals surface area contributed by atoms with E-state index in [1.807, 2.05) is 0 Å². The van der Waals surface area contributed by atoms with Crippen molar-refractivity contribution in [2.45, 2.75) is 18.8 Å². The second-order valence-electron chi connectivity index (χ2n) is 5.35. The van der Waals surface area contributed by atoms with Crippen LogP contribution in [0.15, 0.2) is 34.9 Å². The normalized spacial score (nSPS) is 15.8. The van der Waals surface area contributed by atoms with Crippen LogP contribution in [0.1, 0.15) is 24.5 Å². The Balaban J connectivity index is 1.54. The van der Waals surface area contributed by atoms with Crippen LogP contribution >= 0.6 is 11.6 Å². The zero-order valence-electron chi connectivity index (χ0n) is 12.0. The molecule has 1 aliphatic heterocycles. The maximum absolute atomic E-state index is 12.2. The number of likely N-dealkylation sites (tertiary alicyclic amines) is 1. The molecule has 0 bridgehead atoms. The summed E-state index contributed by atoms with van der Waals surface area (Å²) in [7, 11) is 0. The molecule has 1 fully saturated rings. The summed E-state index contributed by atoms with van der Waals surface area (Å²) in [5, 5.41) is 7.47. The van der Waals surface area contributed by atoms with Gasteiger partial charge in [0.2, 0.25) is 5.88 Å². The van der Waals surface area contributed by atoms with Crippen LogP contribution in [-0.2, 0) is 0 Å². The molecule has 0 saturated carbocycles. The van der Waals surface area contributed by atoms with Gasteiger partial charge in [-0.05, 0) is 37.1 Å². The predicted octanol–water partition coefficient (Wildman–Crippen LogP) is 3.32. The highest BCUT2D eigenvalue weighted by atomic mass is 35.5. The third kappa shape index (κ3) is 3.33. The number of anilines is 2. The van der Waals surface area contributed by atoms with Crippen molar-refractivity contribution in [2.24, 2.45) is 0 Å². The number of urea groups is 1. The molecule has 0 unspecified atom stereocenters. The number of nitrogen functional groups attached to an aromatic ring is 1. The van der Waals surface area contributed by atoms with Gasteiger partial charge in [0.1, 0.15) is 0 Å². The third-order valence-electron chi connectivity index (χ3n) is 3.84. The number of carbonyl (C=O) groups is 1. The molecule has 1 aliphatic rings. The van der Waals surface area contributed by atoms with E-state index < -0.39 is 0 Å². The zero-order chi connectivity index (χ0) is 15.5. The van der Waals surface area contributed by atoms with Gasteiger partial charge in [0, 0.05) is 35.8 Å². The molecule has 1 aromatic carbocycles. The van der Waals surface area contributed by atoms with Gasteiger partial charge < -0.3 is 20.5 Å². The number of carbonyl (C=O) groups excluding carboxylic acids is 1.